The van der Waals surface area contributed by atoms with Gasteiger partial charge in [-0.05, 0) is 17.4 Å². The third-order valence-corrected chi connectivity index (χ3v) is 4.08. The van der Waals surface area contributed by atoms with E-state index in [9.17, 15) is 0 Å². The van der Waals surface area contributed by atoms with Gasteiger partial charge in [0.25, 0.3) is 0 Å². The molecule has 1 atom stereocenters. The Balaban J connectivity index is 1.90. The second-order valence-corrected chi connectivity index (χ2v) is 6.82. The van der Waals surface area contributed by atoms with Crippen molar-refractivity contribution in [1.29, 1.82) is 0 Å². The smallest absolute Gasteiger partial charge is 0.109 e. The van der Waals surface area contributed by atoms with Gasteiger partial charge in [0.1, 0.15) is 5.82 Å². The maximum Gasteiger partial charge on any atom is 0.109 e. The molecule has 0 saturated heterocycles. The predicted octanol–water partition coefficient (Wildman–Crippen LogP) is 3.12. The summed E-state index contributed by atoms with van der Waals surface area (Å²) in [7, 11) is 0. The molecule has 1 aromatic carbocycles. The Bertz CT molecular complexity index is 602. The molecule has 106 valence electrons. The van der Waals surface area contributed by atoms with Crippen LogP contribution in [-0.4, -0.2) is 15.6 Å². The first-order chi connectivity index (χ1) is 9.43. The van der Waals surface area contributed by atoms with Gasteiger partial charge in [-0.3, -0.25) is 0 Å². The lowest BCUT2D eigenvalue weighted by Gasteiger charge is -2.19. The first kappa shape index (κ1) is 13.4. The van der Waals surface area contributed by atoms with Gasteiger partial charge in [0.15, 0.2) is 0 Å². The number of imidazole rings is 1. The van der Waals surface area contributed by atoms with E-state index in [1.165, 1.54) is 17.0 Å². The highest BCUT2D eigenvalue weighted by atomic mass is 15.1. The Morgan fingerprint density at radius 2 is 1.90 bits per heavy atom. The molecule has 0 spiro atoms. The normalized spacial score (nSPS) is 18.9. The van der Waals surface area contributed by atoms with Crippen molar-refractivity contribution in [2.24, 2.45) is 5.73 Å². The largest absolute Gasteiger partial charge is 0.333 e. The standard InChI is InChI=1S/C17H23N3/c1-17(2,3)13-6-4-12(5-7-13)15-11-20-10-14(18)8-9-16(20)19-15/h4-7,11,14H,8-10,18H2,1-3H3. The maximum atomic E-state index is 6.02. The average molecular weight is 269 g/mol. The lowest BCUT2D eigenvalue weighted by Crippen LogP contribution is -2.31. The topological polar surface area (TPSA) is 43.8 Å². The Kier molecular flexibility index (Phi) is 3.17. The summed E-state index contributed by atoms with van der Waals surface area (Å²) >= 11 is 0. The minimum atomic E-state index is 0.193. The van der Waals surface area contributed by atoms with Crippen molar-refractivity contribution in [2.75, 3.05) is 0 Å². The molecule has 0 bridgehead atoms. The van der Waals surface area contributed by atoms with Gasteiger partial charge in [0.2, 0.25) is 0 Å². The summed E-state index contributed by atoms with van der Waals surface area (Å²) in [5, 5.41) is 0. The van der Waals surface area contributed by atoms with E-state index in [1.54, 1.807) is 0 Å². The fraction of sp³-hybridized carbons (Fsp3) is 0.471. The number of hydrogen-bond acceptors (Lipinski definition) is 2. The minimum absolute atomic E-state index is 0.193. The van der Waals surface area contributed by atoms with Crippen LogP contribution in [0.5, 0.6) is 0 Å². The van der Waals surface area contributed by atoms with Crippen LogP contribution < -0.4 is 5.73 Å². The number of nitrogens with two attached hydrogens (primary N) is 1. The average Bonchev–Trinajstić information content (AvgIpc) is 2.80. The fourth-order valence-corrected chi connectivity index (χ4v) is 2.75. The molecule has 2 aromatic rings. The lowest BCUT2D eigenvalue weighted by molar-refractivity contribution is 0.453. The molecular formula is C17H23N3. The first-order valence-corrected chi connectivity index (χ1v) is 7.36. The van der Waals surface area contributed by atoms with Crippen molar-refractivity contribution in [3.63, 3.8) is 0 Å². The third-order valence-electron chi connectivity index (χ3n) is 4.08. The number of hydrogen-bond donors (Lipinski definition) is 1. The van der Waals surface area contributed by atoms with E-state index in [0.717, 1.165) is 25.1 Å². The second-order valence-electron chi connectivity index (χ2n) is 6.82. The molecule has 2 heterocycles. The molecule has 0 radical (unpaired) electrons. The van der Waals surface area contributed by atoms with Crippen molar-refractivity contribution in [3.8, 4) is 11.3 Å². The highest BCUT2D eigenvalue weighted by Gasteiger charge is 2.18. The van der Waals surface area contributed by atoms with Crippen LogP contribution in [-0.2, 0) is 18.4 Å². The number of fused-ring (bicyclic) bond motifs is 1. The summed E-state index contributed by atoms with van der Waals surface area (Å²) in [5.41, 5.74) is 9.82. The number of aromatic nitrogens is 2. The van der Waals surface area contributed by atoms with Crippen LogP contribution in [0.4, 0.5) is 0 Å². The molecule has 1 aromatic heterocycles. The summed E-state index contributed by atoms with van der Waals surface area (Å²) in [4.78, 5) is 4.75. The van der Waals surface area contributed by atoms with Gasteiger partial charge in [-0.1, -0.05) is 45.0 Å². The number of rotatable bonds is 1. The first-order valence-electron chi connectivity index (χ1n) is 7.36. The minimum Gasteiger partial charge on any atom is -0.333 e. The Labute approximate surface area is 120 Å². The van der Waals surface area contributed by atoms with Crippen LogP contribution in [0.2, 0.25) is 0 Å². The molecule has 1 unspecified atom stereocenters. The SMILES string of the molecule is CC(C)(C)c1ccc(-c2cn3c(n2)CCC(N)C3)cc1. The fourth-order valence-electron chi connectivity index (χ4n) is 2.75. The zero-order valence-corrected chi connectivity index (χ0v) is 12.6. The van der Waals surface area contributed by atoms with Crippen LogP contribution >= 0.6 is 0 Å². The van der Waals surface area contributed by atoms with E-state index in [4.69, 9.17) is 10.7 Å². The molecular weight excluding hydrogens is 246 g/mol. The highest BCUT2D eigenvalue weighted by molar-refractivity contribution is 5.59. The Morgan fingerprint density at radius 1 is 1.20 bits per heavy atom. The molecule has 0 saturated carbocycles. The predicted molar refractivity (Wildman–Crippen MR) is 82.7 cm³/mol. The van der Waals surface area contributed by atoms with Crippen LogP contribution in [0, 0.1) is 0 Å². The van der Waals surface area contributed by atoms with Crippen LogP contribution in [0.1, 0.15) is 38.6 Å². The Hall–Kier alpha value is -1.61. The molecule has 1 aliphatic rings. The summed E-state index contributed by atoms with van der Waals surface area (Å²) < 4.78 is 2.21. The summed E-state index contributed by atoms with van der Waals surface area (Å²) in [6.07, 6.45) is 4.17. The van der Waals surface area contributed by atoms with Crippen molar-refractivity contribution in [1.82, 2.24) is 9.55 Å². The molecule has 0 amide bonds. The zero-order valence-electron chi connectivity index (χ0n) is 12.6. The summed E-state index contributed by atoms with van der Waals surface area (Å²) in [6, 6.07) is 9.04. The van der Waals surface area contributed by atoms with Gasteiger partial charge in [0, 0.05) is 30.8 Å². The molecule has 0 fully saturated rings. The third kappa shape index (κ3) is 2.50. The lowest BCUT2D eigenvalue weighted by atomic mass is 9.86. The summed E-state index contributed by atoms with van der Waals surface area (Å²) in [5.74, 6) is 1.17. The second kappa shape index (κ2) is 4.74. The van der Waals surface area contributed by atoms with Crippen LogP contribution in [0.15, 0.2) is 30.5 Å². The molecule has 3 heteroatoms. The van der Waals surface area contributed by atoms with Crippen LogP contribution in [0.3, 0.4) is 0 Å². The summed E-state index contributed by atoms with van der Waals surface area (Å²) in [6.45, 7) is 7.60. The van der Waals surface area contributed by atoms with Crippen molar-refractivity contribution < 1.29 is 0 Å². The monoisotopic (exact) mass is 269 g/mol. The van der Waals surface area contributed by atoms with E-state index < -0.39 is 0 Å². The van der Waals surface area contributed by atoms with Gasteiger partial charge in [-0.15, -0.1) is 0 Å². The van der Waals surface area contributed by atoms with Crippen molar-refractivity contribution in [2.45, 2.75) is 51.6 Å². The zero-order chi connectivity index (χ0) is 14.3. The molecule has 0 aliphatic carbocycles. The van der Waals surface area contributed by atoms with Gasteiger partial charge < -0.3 is 10.3 Å². The van der Waals surface area contributed by atoms with Gasteiger partial charge >= 0.3 is 0 Å². The van der Waals surface area contributed by atoms with Gasteiger partial charge in [0.05, 0.1) is 5.69 Å². The quantitative estimate of drug-likeness (QED) is 0.864. The van der Waals surface area contributed by atoms with E-state index in [2.05, 4.69) is 55.8 Å². The highest BCUT2D eigenvalue weighted by Crippen LogP contribution is 2.26. The van der Waals surface area contributed by atoms with E-state index >= 15 is 0 Å². The Morgan fingerprint density at radius 3 is 2.55 bits per heavy atom. The van der Waals surface area contributed by atoms with Crippen molar-refractivity contribution >= 4 is 0 Å². The molecule has 20 heavy (non-hydrogen) atoms. The molecule has 3 rings (SSSR count). The van der Waals surface area contributed by atoms with E-state index in [-0.39, 0.29) is 11.5 Å². The van der Waals surface area contributed by atoms with Crippen molar-refractivity contribution in [3.05, 3.63) is 41.9 Å². The number of aryl methyl sites for hydroxylation is 1. The van der Waals surface area contributed by atoms with E-state index in [0.29, 0.717) is 0 Å². The molecule has 3 nitrogen and oxygen atoms in total. The molecule has 1 aliphatic heterocycles. The maximum absolute atomic E-state index is 6.02. The van der Waals surface area contributed by atoms with Gasteiger partial charge in [-0.25, -0.2) is 4.98 Å². The van der Waals surface area contributed by atoms with Gasteiger partial charge in [-0.2, -0.15) is 0 Å². The number of benzene rings is 1. The molecule has 2 N–H and O–H groups in total. The number of nitrogens with zero attached hydrogens (tertiary/aromatic N) is 2. The van der Waals surface area contributed by atoms with E-state index in [1.807, 2.05) is 0 Å². The van der Waals surface area contributed by atoms with Crippen LogP contribution in [0.25, 0.3) is 11.3 Å².